The minimum Gasteiger partial charge on any atom is -0.423 e. The maximum Gasteiger partial charge on any atom is 0.336 e. The van der Waals surface area contributed by atoms with Crippen molar-refractivity contribution in [2.45, 2.75) is 43.0 Å². The molecule has 0 unspecified atom stereocenters. The number of aromatic nitrogens is 3. The molecule has 190 valence electrons. The molecule has 4 rings (SSSR count). The number of thioether (sulfide) groups is 1. The number of hydrogen-bond donors (Lipinski definition) is 0. The van der Waals surface area contributed by atoms with Gasteiger partial charge in [-0.1, -0.05) is 56.3 Å². The normalized spacial score (nSPS) is 12.1. The average Bonchev–Trinajstić information content (AvgIpc) is 3.23. The molecule has 0 aliphatic carbocycles. The van der Waals surface area contributed by atoms with Gasteiger partial charge in [0, 0.05) is 47.9 Å². The molecule has 0 saturated carbocycles. The summed E-state index contributed by atoms with van der Waals surface area (Å²) in [7, 11) is -1.77. The Balaban J connectivity index is 1.63. The van der Waals surface area contributed by atoms with E-state index in [0.29, 0.717) is 46.0 Å². The Bertz CT molecular complexity index is 1580. The lowest BCUT2D eigenvalue weighted by Gasteiger charge is -2.18. The van der Waals surface area contributed by atoms with Crippen molar-refractivity contribution in [1.82, 2.24) is 19.1 Å². The monoisotopic (exact) mass is 546 g/mol. The lowest BCUT2D eigenvalue weighted by atomic mass is 10.1. The van der Waals surface area contributed by atoms with E-state index in [1.807, 2.05) is 50.6 Å². The Kier molecular flexibility index (Phi) is 7.89. The molecule has 0 fully saturated rings. The van der Waals surface area contributed by atoms with Crippen molar-refractivity contribution in [3.8, 4) is 11.4 Å². The third kappa shape index (κ3) is 5.08. The third-order valence-corrected chi connectivity index (χ3v) is 9.47. The van der Waals surface area contributed by atoms with Crippen LogP contribution < -0.4 is 5.63 Å². The molecule has 0 saturated heterocycles. The highest BCUT2D eigenvalue weighted by molar-refractivity contribution is 7.98. The van der Waals surface area contributed by atoms with Crippen LogP contribution in [0.1, 0.15) is 31.9 Å². The molecule has 11 heteroatoms. The van der Waals surface area contributed by atoms with Gasteiger partial charge in [-0.05, 0) is 41.8 Å². The molecule has 0 aliphatic rings. The minimum absolute atomic E-state index is 0.215. The van der Waals surface area contributed by atoms with Gasteiger partial charge in [0.2, 0.25) is 10.0 Å². The van der Waals surface area contributed by atoms with E-state index in [0.717, 1.165) is 22.9 Å². The van der Waals surface area contributed by atoms with E-state index in [9.17, 15) is 13.2 Å². The zero-order valence-corrected chi connectivity index (χ0v) is 22.9. The number of rotatable bonds is 9. The van der Waals surface area contributed by atoms with Gasteiger partial charge in [-0.2, -0.15) is 4.31 Å². The van der Waals surface area contributed by atoms with Gasteiger partial charge in [-0.25, -0.2) is 13.2 Å². The largest absolute Gasteiger partial charge is 0.423 e. The topological polar surface area (TPSA) is 98.3 Å². The van der Waals surface area contributed by atoms with Gasteiger partial charge in [0.1, 0.15) is 5.58 Å². The maximum absolute atomic E-state index is 13.0. The number of nitrogens with zero attached hydrogens (tertiary/aromatic N) is 4. The van der Waals surface area contributed by atoms with Crippen molar-refractivity contribution in [1.29, 1.82) is 0 Å². The first-order valence-electron chi connectivity index (χ1n) is 11.6. The lowest BCUT2D eigenvalue weighted by molar-refractivity contribution is 0.445. The maximum atomic E-state index is 13.0. The number of sulfonamides is 1. The van der Waals surface area contributed by atoms with E-state index in [2.05, 4.69) is 10.2 Å². The van der Waals surface area contributed by atoms with Crippen LogP contribution >= 0.6 is 23.4 Å². The molecule has 0 N–H and O–H groups in total. The molecular formula is C25H27ClN4O4S2. The summed E-state index contributed by atoms with van der Waals surface area (Å²) in [4.78, 5) is 12.4. The molecule has 4 aromatic rings. The fourth-order valence-electron chi connectivity index (χ4n) is 4.02. The van der Waals surface area contributed by atoms with E-state index >= 15 is 0 Å². The van der Waals surface area contributed by atoms with Crippen molar-refractivity contribution in [2.75, 3.05) is 13.1 Å². The molecule has 2 aromatic carbocycles. The number of hydrogen-bond acceptors (Lipinski definition) is 7. The van der Waals surface area contributed by atoms with E-state index in [4.69, 9.17) is 16.0 Å². The molecule has 2 heterocycles. The Labute approximate surface area is 219 Å². The second kappa shape index (κ2) is 10.8. The van der Waals surface area contributed by atoms with Crippen LogP contribution in [-0.4, -0.2) is 40.6 Å². The van der Waals surface area contributed by atoms with Gasteiger partial charge in [0.15, 0.2) is 11.0 Å². The van der Waals surface area contributed by atoms with Crippen LogP contribution in [0.5, 0.6) is 0 Å². The van der Waals surface area contributed by atoms with Crippen LogP contribution in [0.4, 0.5) is 0 Å². The van der Waals surface area contributed by atoms with E-state index in [1.54, 1.807) is 18.2 Å². The molecule has 0 atom stereocenters. The van der Waals surface area contributed by atoms with Crippen LogP contribution in [-0.2, 0) is 29.2 Å². The summed E-state index contributed by atoms with van der Waals surface area (Å²) in [6, 6.07) is 11.8. The SMILES string of the molecule is CCc1cc2oc(=O)cc(CSc3nnc(-c4cccc(S(=O)(=O)N(CC)CC)c4)n3C)c2cc1Cl. The van der Waals surface area contributed by atoms with Gasteiger partial charge < -0.3 is 8.98 Å². The summed E-state index contributed by atoms with van der Waals surface area (Å²) in [5.41, 5.74) is 2.43. The fraction of sp³-hybridized carbons (Fsp3) is 0.320. The van der Waals surface area contributed by atoms with Crippen LogP contribution in [0.15, 0.2) is 61.7 Å². The molecule has 36 heavy (non-hydrogen) atoms. The van der Waals surface area contributed by atoms with Gasteiger partial charge in [-0.15, -0.1) is 10.2 Å². The average molecular weight is 547 g/mol. The van der Waals surface area contributed by atoms with Gasteiger partial charge >= 0.3 is 5.63 Å². The molecule has 8 nitrogen and oxygen atoms in total. The molecule has 0 aliphatic heterocycles. The standard InChI is InChI=1S/C25H27ClN4O4S2/c1-5-16-12-22-20(14-21(16)26)18(13-23(31)34-22)15-35-25-28-27-24(29(25)4)17-9-8-10-19(11-17)36(32,33)30(6-2)7-3/h8-14H,5-7,15H2,1-4H3. The third-order valence-electron chi connectivity index (χ3n) is 6.01. The summed E-state index contributed by atoms with van der Waals surface area (Å²) in [6.45, 7) is 6.41. The first-order valence-corrected chi connectivity index (χ1v) is 14.4. The fourth-order valence-corrected chi connectivity index (χ4v) is 6.73. The van der Waals surface area contributed by atoms with E-state index < -0.39 is 15.6 Å². The second-order valence-electron chi connectivity index (χ2n) is 8.16. The van der Waals surface area contributed by atoms with Gasteiger partial charge in [0.05, 0.1) is 4.90 Å². The molecule has 0 amide bonds. The van der Waals surface area contributed by atoms with Crippen LogP contribution in [0.2, 0.25) is 5.02 Å². The summed E-state index contributed by atoms with van der Waals surface area (Å²) in [5, 5.41) is 10.6. The van der Waals surface area contributed by atoms with Crippen molar-refractivity contribution in [3.63, 3.8) is 0 Å². The van der Waals surface area contributed by atoms with E-state index in [-0.39, 0.29) is 4.90 Å². The van der Waals surface area contributed by atoms with Crippen molar-refractivity contribution in [3.05, 3.63) is 69.0 Å². The quantitative estimate of drug-likeness (QED) is 0.212. The molecule has 0 spiro atoms. The Morgan fingerprint density at radius 1 is 1.06 bits per heavy atom. The summed E-state index contributed by atoms with van der Waals surface area (Å²) >= 11 is 7.83. The number of fused-ring (bicyclic) bond motifs is 1. The minimum atomic E-state index is -3.60. The van der Waals surface area contributed by atoms with Gasteiger partial charge in [0.25, 0.3) is 0 Å². The summed E-state index contributed by atoms with van der Waals surface area (Å²) in [6.07, 6.45) is 0.733. The number of halogens is 1. The highest BCUT2D eigenvalue weighted by Crippen LogP contribution is 2.31. The predicted molar refractivity (Wildman–Crippen MR) is 143 cm³/mol. The van der Waals surface area contributed by atoms with Gasteiger partial charge in [-0.3, -0.25) is 0 Å². The molecule has 0 radical (unpaired) electrons. The zero-order valence-electron chi connectivity index (χ0n) is 20.5. The number of benzene rings is 2. The van der Waals surface area contributed by atoms with Crippen molar-refractivity contribution in [2.24, 2.45) is 7.05 Å². The second-order valence-corrected chi connectivity index (χ2v) is 11.4. The van der Waals surface area contributed by atoms with E-state index in [1.165, 1.54) is 22.1 Å². The Hall–Kier alpha value is -2.66. The molecule has 2 aromatic heterocycles. The van der Waals surface area contributed by atoms with Crippen LogP contribution in [0, 0.1) is 0 Å². The van der Waals surface area contributed by atoms with Crippen molar-refractivity contribution < 1.29 is 12.8 Å². The Morgan fingerprint density at radius 2 is 1.81 bits per heavy atom. The number of aryl methyl sites for hydroxylation is 1. The first-order chi connectivity index (χ1) is 17.2. The van der Waals surface area contributed by atoms with Crippen LogP contribution in [0.25, 0.3) is 22.4 Å². The first kappa shape index (κ1) is 26.4. The summed E-state index contributed by atoms with van der Waals surface area (Å²) in [5.74, 6) is 0.994. The smallest absolute Gasteiger partial charge is 0.336 e. The highest BCUT2D eigenvalue weighted by atomic mass is 35.5. The predicted octanol–water partition coefficient (Wildman–Crippen LogP) is 5.13. The summed E-state index contributed by atoms with van der Waals surface area (Å²) < 4.78 is 34.6. The highest BCUT2D eigenvalue weighted by Gasteiger charge is 2.23. The lowest BCUT2D eigenvalue weighted by Crippen LogP contribution is -2.30. The Morgan fingerprint density at radius 3 is 2.50 bits per heavy atom. The van der Waals surface area contributed by atoms with Crippen LogP contribution in [0.3, 0.4) is 0 Å². The van der Waals surface area contributed by atoms with Crippen molar-refractivity contribution >= 4 is 44.4 Å². The zero-order chi connectivity index (χ0) is 26.0. The molecular weight excluding hydrogens is 520 g/mol. The molecule has 0 bridgehead atoms.